The van der Waals surface area contributed by atoms with Gasteiger partial charge < -0.3 is 19.4 Å². The first kappa shape index (κ1) is 17.2. The Balaban J connectivity index is 1.43. The molecule has 1 atom stereocenters. The van der Waals surface area contributed by atoms with Gasteiger partial charge in [0.05, 0.1) is 18.0 Å². The molecule has 7 nitrogen and oxygen atoms in total. The molecule has 4 rings (SSSR count). The number of thioether (sulfide) groups is 1. The average Bonchev–Trinajstić information content (AvgIpc) is 3.23. The maximum Gasteiger partial charge on any atom is 0.234 e. The van der Waals surface area contributed by atoms with Crippen molar-refractivity contribution in [1.29, 1.82) is 0 Å². The SMILES string of the molecule is CCOc1cc2c(cc1NC(=O)CSc1nncn1C1CC1)O[C@@H](C)C2. The standard InChI is InChI=1S/C18H22N4O3S/c1-3-24-16-7-12-6-11(2)25-15(12)8-14(16)20-17(23)9-26-18-21-19-10-22(18)13-4-5-13/h7-8,10-11,13H,3-6,9H2,1-2H3,(H,20,23)/t11-/m0/s1. The number of nitrogens with one attached hydrogen (secondary N) is 1. The van der Waals surface area contributed by atoms with E-state index in [9.17, 15) is 4.79 Å². The zero-order valence-corrected chi connectivity index (χ0v) is 15.7. The van der Waals surface area contributed by atoms with Crippen molar-refractivity contribution in [3.05, 3.63) is 24.0 Å². The Morgan fingerprint density at radius 1 is 1.46 bits per heavy atom. The van der Waals surface area contributed by atoms with Gasteiger partial charge in [-0.3, -0.25) is 4.79 Å². The number of aromatic nitrogens is 3. The summed E-state index contributed by atoms with van der Waals surface area (Å²) in [6.07, 6.45) is 5.06. The van der Waals surface area contributed by atoms with E-state index in [0.29, 0.717) is 24.1 Å². The molecule has 1 aromatic carbocycles. The van der Waals surface area contributed by atoms with Gasteiger partial charge in [-0.2, -0.15) is 0 Å². The molecule has 0 radical (unpaired) electrons. The average molecular weight is 374 g/mol. The summed E-state index contributed by atoms with van der Waals surface area (Å²) in [5.41, 5.74) is 1.76. The molecule has 2 aliphatic rings. The van der Waals surface area contributed by atoms with Gasteiger partial charge in [0.1, 0.15) is 23.9 Å². The third kappa shape index (κ3) is 3.65. The predicted octanol–water partition coefficient (Wildman–Crippen LogP) is 3.07. The number of ether oxygens (including phenoxy) is 2. The highest BCUT2D eigenvalue weighted by Gasteiger charge is 2.27. The van der Waals surface area contributed by atoms with Crippen molar-refractivity contribution in [2.75, 3.05) is 17.7 Å². The highest BCUT2D eigenvalue weighted by atomic mass is 32.2. The number of rotatable bonds is 7. The lowest BCUT2D eigenvalue weighted by molar-refractivity contribution is -0.113. The van der Waals surface area contributed by atoms with Gasteiger partial charge in [-0.1, -0.05) is 11.8 Å². The highest BCUT2D eigenvalue weighted by molar-refractivity contribution is 7.99. The molecule has 26 heavy (non-hydrogen) atoms. The third-order valence-electron chi connectivity index (χ3n) is 4.38. The van der Waals surface area contributed by atoms with Crippen LogP contribution in [0.5, 0.6) is 11.5 Å². The highest BCUT2D eigenvalue weighted by Crippen LogP contribution is 2.39. The number of carbonyl (C=O) groups is 1. The molecule has 1 aliphatic heterocycles. The summed E-state index contributed by atoms with van der Waals surface area (Å²) in [4.78, 5) is 12.4. The van der Waals surface area contributed by atoms with Crippen LogP contribution in [0.1, 0.15) is 38.3 Å². The molecular weight excluding hydrogens is 352 g/mol. The topological polar surface area (TPSA) is 78.3 Å². The summed E-state index contributed by atoms with van der Waals surface area (Å²) in [5.74, 6) is 1.67. The van der Waals surface area contributed by atoms with Gasteiger partial charge in [0, 0.05) is 24.1 Å². The van der Waals surface area contributed by atoms with Gasteiger partial charge in [-0.15, -0.1) is 10.2 Å². The van der Waals surface area contributed by atoms with Crippen molar-refractivity contribution in [2.45, 2.75) is 50.4 Å². The second-order valence-corrected chi connectivity index (χ2v) is 7.55. The molecule has 1 N–H and O–H groups in total. The largest absolute Gasteiger partial charge is 0.492 e. The number of fused-ring (bicyclic) bond motifs is 1. The molecule has 0 saturated heterocycles. The predicted molar refractivity (Wildman–Crippen MR) is 99.1 cm³/mol. The monoisotopic (exact) mass is 374 g/mol. The van der Waals surface area contributed by atoms with E-state index in [1.807, 2.05) is 30.5 Å². The third-order valence-corrected chi connectivity index (χ3v) is 5.34. The van der Waals surface area contributed by atoms with E-state index >= 15 is 0 Å². The fraction of sp³-hybridized carbons (Fsp3) is 0.500. The molecule has 1 aliphatic carbocycles. The number of nitrogens with zero attached hydrogens (tertiary/aromatic N) is 3. The number of anilines is 1. The van der Waals surface area contributed by atoms with E-state index in [1.165, 1.54) is 11.8 Å². The Labute approximate surface area is 156 Å². The Morgan fingerprint density at radius 3 is 3.08 bits per heavy atom. The molecule has 2 heterocycles. The van der Waals surface area contributed by atoms with Crippen LogP contribution in [-0.2, 0) is 11.2 Å². The summed E-state index contributed by atoms with van der Waals surface area (Å²) in [7, 11) is 0. The number of benzene rings is 1. The maximum atomic E-state index is 12.4. The first-order valence-corrected chi connectivity index (χ1v) is 9.91. The minimum absolute atomic E-state index is 0.104. The Bertz CT molecular complexity index is 819. The van der Waals surface area contributed by atoms with Crippen LogP contribution in [0, 0.1) is 0 Å². The molecule has 8 heteroatoms. The van der Waals surface area contributed by atoms with Gasteiger partial charge in [0.15, 0.2) is 5.16 Å². The van der Waals surface area contributed by atoms with Crippen LogP contribution in [-0.4, -0.2) is 39.1 Å². The lowest BCUT2D eigenvalue weighted by atomic mass is 10.1. The van der Waals surface area contributed by atoms with Crippen molar-refractivity contribution >= 4 is 23.4 Å². The summed E-state index contributed by atoms with van der Waals surface area (Å²) >= 11 is 1.40. The van der Waals surface area contributed by atoms with Gasteiger partial charge >= 0.3 is 0 Å². The van der Waals surface area contributed by atoms with E-state index < -0.39 is 0 Å². The molecule has 1 saturated carbocycles. The van der Waals surface area contributed by atoms with Crippen molar-refractivity contribution in [2.24, 2.45) is 0 Å². The van der Waals surface area contributed by atoms with E-state index in [0.717, 1.165) is 35.7 Å². The van der Waals surface area contributed by atoms with Crippen LogP contribution < -0.4 is 14.8 Å². The summed E-state index contributed by atoms with van der Waals surface area (Å²) in [5, 5.41) is 11.8. The lowest BCUT2D eigenvalue weighted by Gasteiger charge is -2.13. The van der Waals surface area contributed by atoms with Crippen LogP contribution >= 0.6 is 11.8 Å². The quantitative estimate of drug-likeness (QED) is 0.751. The lowest BCUT2D eigenvalue weighted by Crippen LogP contribution is -2.15. The Hall–Kier alpha value is -2.22. The van der Waals surface area contributed by atoms with Gasteiger partial charge in [-0.25, -0.2) is 0 Å². The van der Waals surface area contributed by atoms with E-state index in [1.54, 1.807) is 6.33 Å². The fourth-order valence-corrected chi connectivity index (χ4v) is 3.85. The molecule has 138 valence electrons. The zero-order chi connectivity index (χ0) is 18.1. The first-order valence-electron chi connectivity index (χ1n) is 8.92. The Morgan fingerprint density at radius 2 is 2.31 bits per heavy atom. The summed E-state index contributed by atoms with van der Waals surface area (Å²) < 4.78 is 13.6. The first-order chi connectivity index (χ1) is 12.6. The smallest absolute Gasteiger partial charge is 0.234 e. The molecular formula is C18H22N4O3S. The number of carbonyl (C=O) groups excluding carboxylic acids is 1. The van der Waals surface area contributed by atoms with Crippen molar-refractivity contribution in [3.8, 4) is 11.5 Å². The fourth-order valence-electron chi connectivity index (χ4n) is 3.07. The van der Waals surface area contributed by atoms with Crippen LogP contribution in [0.25, 0.3) is 0 Å². The maximum absolute atomic E-state index is 12.4. The molecule has 0 spiro atoms. The molecule has 0 unspecified atom stereocenters. The number of hydrogen-bond acceptors (Lipinski definition) is 6. The van der Waals surface area contributed by atoms with Gasteiger partial charge in [0.2, 0.25) is 5.91 Å². The minimum atomic E-state index is -0.104. The van der Waals surface area contributed by atoms with E-state index in [4.69, 9.17) is 9.47 Å². The van der Waals surface area contributed by atoms with E-state index in [-0.39, 0.29) is 17.8 Å². The van der Waals surface area contributed by atoms with Crippen LogP contribution in [0.4, 0.5) is 5.69 Å². The Kier molecular flexibility index (Phi) is 4.76. The van der Waals surface area contributed by atoms with Crippen LogP contribution in [0.3, 0.4) is 0 Å². The van der Waals surface area contributed by atoms with Gasteiger partial charge in [-0.05, 0) is 32.8 Å². The van der Waals surface area contributed by atoms with Crippen molar-refractivity contribution < 1.29 is 14.3 Å². The van der Waals surface area contributed by atoms with Crippen molar-refractivity contribution in [3.63, 3.8) is 0 Å². The van der Waals surface area contributed by atoms with Crippen molar-refractivity contribution in [1.82, 2.24) is 14.8 Å². The minimum Gasteiger partial charge on any atom is -0.492 e. The molecule has 2 aromatic rings. The molecule has 0 bridgehead atoms. The summed E-state index contributed by atoms with van der Waals surface area (Å²) in [6, 6.07) is 4.32. The van der Waals surface area contributed by atoms with E-state index in [2.05, 4.69) is 15.5 Å². The van der Waals surface area contributed by atoms with Crippen LogP contribution in [0.15, 0.2) is 23.6 Å². The number of amides is 1. The summed E-state index contributed by atoms with van der Waals surface area (Å²) in [6.45, 7) is 4.50. The molecule has 1 aromatic heterocycles. The zero-order valence-electron chi connectivity index (χ0n) is 14.9. The second kappa shape index (κ2) is 7.19. The molecule has 1 amide bonds. The second-order valence-electron chi connectivity index (χ2n) is 6.61. The molecule has 1 fully saturated rings. The van der Waals surface area contributed by atoms with Crippen LogP contribution in [0.2, 0.25) is 0 Å². The number of hydrogen-bond donors (Lipinski definition) is 1. The normalized spacial score (nSPS) is 18.3. The van der Waals surface area contributed by atoms with Gasteiger partial charge in [0.25, 0.3) is 0 Å².